The number of guanidine groups is 1. The summed E-state index contributed by atoms with van der Waals surface area (Å²) in [7, 11) is 0. The average Bonchev–Trinajstić information content (AvgIpc) is 2.46. The average molecular weight is 300 g/mol. The van der Waals surface area contributed by atoms with E-state index in [1.54, 1.807) is 0 Å². The van der Waals surface area contributed by atoms with Crippen molar-refractivity contribution in [1.29, 1.82) is 0 Å². The Kier molecular flexibility index (Phi) is 3.84. The molecule has 3 nitrogen and oxygen atoms in total. The largest absolute Gasteiger partial charge is 0.370 e. The van der Waals surface area contributed by atoms with Crippen LogP contribution in [0.25, 0.3) is 0 Å². The lowest BCUT2D eigenvalue weighted by Crippen LogP contribution is -2.39. The van der Waals surface area contributed by atoms with Gasteiger partial charge in [-0.05, 0) is 36.6 Å². The molecule has 2 aromatic rings. The van der Waals surface area contributed by atoms with Crippen LogP contribution in [-0.4, -0.2) is 5.96 Å². The molecular formula is C17H18ClN3. The molecule has 0 spiro atoms. The molecule has 2 aromatic carbocycles. The van der Waals surface area contributed by atoms with Crippen LogP contribution in [0.3, 0.4) is 0 Å². The first-order chi connectivity index (χ1) is 10.1. The Morgan fingerprint density at radius 1 is 1.14 bits per heavy atom. The van der Waals surface area contributed by atoms with Gasteiger partial charge in [0, 0.05) is 5.02 Å². The molecule has 0 saturated heterocycles. The van der Waals surface area contributed by atoms with E-state index in [0.717, 1.165) is 17.0 Å². The van der Waals surface area contributed by atoms with E-state index in [-0.39, 0.29) is 12.1 Å². The minimum Gasteiger partial charge on any atom is -0.370 e. The van der Waals surface area contributed by atoms with Crippen molar-refractivity contribution in [2.75, 3.05) is 0 Å². The predicted octanol–water partition coefficient (Wildman–Crippen LogP) is 3.74. The maximum absolute atomic E-state index is 6.09. The van der Waals surface area contributed by atoms with Crippen molar-refractivity contribution in [3.63, 3.8) is 0 Å². The smallest absolute Gasteiger partial charge is 0.189 e. The number of nitrogens with zero attached hydrogens (tertiary/aromatic N) is 1. The van der Waals surface area contributed by atoms with Crippen molar-refractivity contribution in [3.05, 3.63) is 70.2 Å². The Morgan fingerprint density at radius 2 is 1.90 bits per heavy atom. The molecule has 108 valence electrons. The Morgan fingerprint density at radius 3 is 2.67 bits per heavy atom. The second-order valence-corrected chi connectivity index (χ2v) is 5.87. The first kappa shape index (κ1) is 14.0. The molecule has 0 aliphatic carbocycles. The summed E-state index contributed by atoms with van der Waals surface area (Å²) in [5.41, 5.74) is 9.54. The molecule has 0 fully saturated rings. The van der Waals surface area contributed by atoms with Gasteiger partial charge in [0.05, 0.1) is 12.1 Å². The van der Waals surface area contributed by atoms with Gasteiger partial charge in [0.1, 0.15) is 0 Å². The first-order valence-electron chi connectivity index (χ1n) is 7.03. The van der Waals surface area contributed by atoms with Gasteiger partial charge in [-0.25, -0.2) is 4.99 Å². The summed E-state index contributed by atoms with van der Waals surface area (Å²) in [4.78, 5) is 4.54. The summed E-state index contributed by atoms with van der Waals surface area (Å²) in [6, 6.07) is 16.5. The standard InChI is InChI=1S/C17H18ClN3/c1-11-4-2-5-12(8-11)15-10-16(21-17(19)20-15)13-6-3-7-14(18)9-13/h2-9,15-16H,10H2,1H3,(H3,19,20,21). The van der Waals surface area contributed by atoms with Gasteiger partial charge in [0.15, 0.2) is 5.96 Å². The fourth-order valence-electron chi connectivity index (χ4n) is 2.75. The van der Waals surface area contributed by atoms with Crippen LogP contribution >= 0.6 is 11.6 Å². The number of aryl methyl sites for hydroxylation is 1. The molecule has 21 heavy (non-hydrogen) atoms. The zero-order chi connectivity index (χ0) is 14.8. The van der Waals surface area contributed by atoms with Crippen LogP contribution in [0.1, 0.15) is 35.2 Å². The van der Waals surface area contributed by atoms with Gasteiger partial charge >= 0.3 is 0 Å². The molecule has 2 atom stereocenters. The van der Waals surface area contributed by atoms with Crippen molar-refractivity contribution < 1.29 is 0 Å². The Labute approximate surface area is 129 Å². The van der Waals surface area contributed by atoms with E-state index in [0.29, 0.717) is 5.96 Å². The van der Waals surface area contributed by atoms with Crippen molar-refractivity contribution in [2.45, 2.75) is 25.4 Å². The Bertz CT molecular complexity index is 681. The lowest BCUT2D eigenvalue weighted by Gasteiger charge is -2.29. The monoisotopic (exact) mass is 299 g/mol. The lowest BCUT2D eigenvalue weighted by atomic mass is 9.93. The summed E-state index contributed by atoms with van der Waals surface area (Å²) in [6.45, 7) is 2.09. The van der Waals surface area contributed by atoms with Crippen molar-refractivity contribution in [1.82, 2.24) is 5.32 Å². The highest BCUT2D eigenvalue weighted by Crippen LogP contribution is 2.33. The highest BCUT2D eigenvalue weighted by atomic mass is 35.5. The van der Waals surface area contributed by atoms with Crippen LogP contribution < -0.4 is 11.1 Å². The summed E-state index contributed by atoms with van der Waals surface area (Å²) in [6.07, 6.45) is 0.866. The molecule has 1 aliphatic rings. The maximum atomic E-state index is 6.09. The zero-order valence-electron chi connectivity index (χ0n) is 11.9. The molecule has 3 rings (SSSR count). The number of hydrogen-bond acceptors (Lipinski definition) is 3. The molecule has 2 unspecified atom stereocenters. The highest BCUT2D eigenvalue weighted by Gasteiger charge is 2.24. The molecule has 0 saturated carbocycles. The third-order valence-corrected chi connectivity index (χ3v) is 3.99. The van der Waals surface area contributed by atoms with Gasteiger partial charge in [0.2, 0.25) is 0 Å². The second kappa shape index (κ2) is 5.78. The van der Waals surface area contributed by atoms with Gasteiger partial charge in [-0.1, -0.05) is 53.6 Å². The Hall–Kier alpha value is -2.00. The fourth-order valence-corrected chi connectivity index (χ4v) is 2.95. The van der Waals surface area contributed by atoms with Crippen LogP contribution in [0.4, 0.5) is 0 Å². The van der Waals surface area contributed by atoms with Gasteiger partial charge in [-0.3, -0.25) is 0 Å². The van der Waals surface area contributed by atoms with Gasteiger partial charge in [0.25, 0.3) is 0 Å². The van der Waals surface area contributed by atoms with E-state index in [1.165, 1.54) is 11.1 Å². The van der Waals surface area contributed by atoms with Crippen molar-refractivity contribution in [3.8, 4) is 0 Å². The summed E-state index contributed by atoms with van der Waals surface area (Å²) in [5, 5.41) is 3.98. The minimum atomic E-state index is 0.0788. The number of aliphatic imine (C=N–C) groups is 1. The molecule has 0 bridgehead atoms. The minimum absolute atomic E-state index is 0.0788. The van der Waals surface area contributed by atoms with E-state index >= 15 is 0 Å². The molecule has 1 heterocycles. The number of nitrogens with two attached hydrogens (primary N) is 1. The first-order valence-corrected chi connectivity index (χ1v) is 7.41. The molecule has 4 heteroatoms. The summed E-state index contributed by atoms with van der Waals surface area (Å²) >= 11 is 6.09. The molecule has 0 amide bonds. The lowest BCUT2D eigenvalue weighted by molar-refractivity contribution is 0.487. The quantitative estimate of drug-likeness (QED) is 0.887. The number of halogens is 1. The molecule has 3 N–H and O–H groups in total. The number of benzene rings is 2. The topological polar surface area (TPSA) is 50.4 Å². The summed E-state index contributed by atoms with van der Waals surface area (Å²) in [5.74, 6) is 0.484. The zero-order valence-corrected chi connectivity index (χ0v) is 12.6. The SMILES string of the molecule is Cc1cccc(C2CC(c3cccc(Cl)c3)NC(N)=N2)c1. The highest BCUT2D eigenvalue weighted by molar-refractivity contribution is 6.30. The van der Waals surface area contributed by atoms with E-state index in [9.17, 15) is 0 Å². The molecule has 1 aliphatic heterocycles. The number of hydrogen-bond donors (Lipinski definition) is 2. The van der Waals surface area contributed by atoms with Crippen LogP contribution in [0.5, 0.6) is 0 Å². The van der Waals surface area contributed by atoms with Crippen molar-refractivity contribution >= 4 is 17.6 Å². The normalized spacial score (nSPS) is 21.5. The maximum Gasteiger partial charge on any atom is 0.189 e. The molecule has 0 aromatic heterocycles. The predicted molar refractivity (Wildman–Crippen MR) is 87.5 cm³/mol. The van der Waals surface area contributed by atoms with E-state index < -0.39 is 0 Å². The third kappa shape index (κ3) is 3.19. The third-order valence-electron chi connectivity index (χ3n) is 3.75. The molecular weight excluding hydrogens is 282 g/mol. The van der Waals surface area contributed by atoms with Crippen LogP contribution in [0.15, 0.2) is 53.5 Å². The fraction of sp³-hybridized carbons (Fsp3) is 0.235. The van der Waals surface area contributed by atoms with Gasteiger partial charge in [-0.15, -0.1) is 0 Å². The molecule has 0 radical (unpaired) electrons. The summed E-state index contributed by atoms with van der Waals surface area (Å²) < 4.78 is 0. The van der Waals surface area contributed by atoms with E-state index in [4.69, 9.17) is 17.3 Å². The van der Waals surface area contributed by atoms with Crippen molar-refractivity contribution in [2.24, 2.45) is 10.7 Å². The van der Waals surface area contributed by atoms with Gasteiger partial charge < -0.3 is 11.1 Å². The Balaban J connectivity index is 1.89. The second-order valence-electron chi connectivity index (χ2n) is 5.43. The van der Waals surface area contributed by atoms with Crippen LogP contribution in [0.2, 0.25) is 5.02 Å². The van der Waals surface area contributed by atoms with Gasteiger partial charge in [-0.2, -0.15) is 0 Å². The number of rotatable bonds is 2. The van der Waals surface area contributed by atoms with E-state index in [2.05, 4.69) is 47.6 Å². The van der Waals surface area contributed by atoms with E-state index in [1.807, 2.05) is 18.2 Å². The van der Waals surface area contributed by atoms with Crippen LogP contribution in [-0.2, 0) is 0 Å². The van der Waals surface area contributed by atoms with Crippen LogP contribution in [0, 0.1) is 6.92 Å². The number of nitrogens with one attached hydrogen (secondary N) is 1.